The molecule has 0 bridgehead atoms. The summed E-state index contributed by atoms with van der Waals surface area (Å²) in [7, 11) is 0. The van der Waals surface area contributed by atoms with Crippen molar-refractivity contribution in [2.45, 2.75) is 0 Å². The molecule has 16 heavy (non-hydrogen) atoms. The number of nitrogens with zero attached hydrogens (tertiary/aromatic N) is 2. The van der Waals surface area contributed by atoms with Crippen molar-refractivity contribution in [3.05, 3.63) is 40.9 Å². The molecule has 1 aromatic heterocycles. The minimum Gasteiger partial charge on any atom is -0.382 e. The fourth-order valence-electron chi connectivity index (χ4n) is 1.19. The van der Waals surface area contributed by atoms with Gasteiger partial charge in [-0.2, -0.15) is 0 Å². The first-order valence-corrected chi connectivity index (χ1v) is 5.24. The molecule has 2 rings (SSSR count). The molecule has 0 aliphatic carbocycles. The Hall–Kier alpha value is -1.69. The topological polar surface area (TPSA) is 63.8 Å². The Balaban J connectivity index is 2.34. The van der Waals surface area contributed by atoms with Gasteiger partial charge in [0.1, 0.15) is 11.6 Å². The Morgan fingerprint density at radius 1 is 1.31 bits per heavy atom. The molecule has 1 aromatic carbocycles. The van der Waals surface area contributed by atoms with Gasteiger partial charge >= 0.3 is 0 Å². The van der Waals surface area contributed by atoms with Crippen LogP contribution in [0.1, 0.15) is 0 Å². The van der Waals surface area contributed by atoms with Gasteiger partial charge in [0, 0.05) is 4.47 Å². The molecule has 2 aromatic rings. The van der Waals surface area contributed by atoms with E-state index in [9.17, 15) is 4.39 Å². The maximum Gasteiger partial charge on any atom is 0.151 e. The highest BCUT2D eigenvalue weighted by molar-refractivity contribution is 9.10. The number of halogens is 2. The average molecular weight is 283 g/mol. The van der Waals surface area contributed by atoms with Crippen LogP contribution in [-0.4, -0.2) is 9.97 Å². The first kappa shape index (κ1) is 10.8. The Labute approximate surface area is 99.9 Å². The van der Waals surface area contributed by atoms with Crippen molar-refractivity contribution in [3.63, 3.8) is 0 Å². The average Bonchev–Trinajstić information content (AvgIpc) is 2.24. The largest absolute Gasteiger partial charge is 0.382 e. The number of rotatable bonds is 2. The zero-order valence-electron chi connectivity index (χ0n) is 8.11. The van der Waals surface area contributed by atoms with Crippen LogP contribution in [0.3, 0.4) is 0 Å². The normalized spacial score (nSPS) is 10.1. The Bertz CT molecular complexity index is 498. The highest BCUT2D eigenvalue weighted by atomic mass is 79.9. The van der Waals surface area contributed by atoms with Gasteiger partial charge in [0.05, 0.1) is 18.1 Å². The van der Waals surface area contributed by atoms with Crippen LogP contribution in [0, 0.1) is 5.82 Å². The second-order valence-electron chi connectivity index (χ2n) is 3.05. The summed E-state index contributed by atoms with van der Waals surface area (Å²) in [4.78, 5) is 7.82. The summed E-state index contributed by atoms with van der Waals surface area (Å²) in [6, 6.07) is 4.69. The van der Waals surface area contributed by atoms with E-state index in [-0.39, 0.29) is 11.6 Å². The molecular formula is C10H8BrFN4. The number of para-hydroxylation sites is 1. The molecule has 4 nitrogen and oxygen atoms in total. The zero-order valence-corrected chi connectivity index (χ0v) is 9.70. The van der Waals surface area contributed by atoms with Crippen LogP contribution < -0.4 is 11.1 Å². The van der Waals surface area contributed by atoms with E-state index < -0.39 is 0 Å². The van der Waals surface area contributed by atoms with Gasteiger partial charge in [-0.15, -0.1) is 0 Å². The molecule has 0 radical (unpaired) electrons. The van der Waals surface area contributed by atoms with E-state index in [1.807, 2.05) is 0 Å². The van der Waals surface area contributed by atoms with Crippen molar-refractivity contribution in [2.24, 2.45) is 0 Å². The van der Waals surface area contributed by atoms with E-state index in [2.05, 4.69) is 31.2 Å². The molecule has 0 spiro atoms. The van der Waals surface area contributed by atoms with Crippen molar-refractivity contribution in [3.8, 4) is 0 Å². The lowest BCUT2D eigenvalue weighted by Gasteiger charge is -2.08. The minimum absolute atomic E-state index is 0.275. The van der Waals surface area contributed by atoms with Crippen molar-refractivity contribution >= 4 is 33.3 Å². The number of nitrogens with one attached hydrogen (secondary N) is 1. The lowest BCUT2D eigenvalue weighted by molar-refractivity contribution is 0.631. The molecule has 0 atom stereocenters. The standard InChI is InChI=1S/C10H8BrFN4/c11-6-2-1-3-7(12)10(6)16-9-5-14-4-8(13)15-9/h1-5H,(H3,13,15,16). The highest BCUT2D eigenvalue weighted by Gasteiger charge is 2.07. The molecule has 0 fully saturated rings. The summed E-state index contributed by atoms with van der Waals surface area (Å²) in [6.07, 6.45) is 2.89. The van der Waals surface area contributed by atoms with Gasteiger partial charge in [0.15, 0.2) is 5.82 Å². The molecule has 0 saturated heterocycles. The van der Waals surface area contributed by atoms with Crippen molar-refractivity contribution < 1.29 is 4.39 Å². The summed E-state index contributed by atoms with van der Waals surface area (Å²) in [5.74, 6) is 0.293. The summed E-state index contributed by atoms with van der Waals surface area (Å²) < 4.78 is 14.1. The van der Waals surface area contributed by atoms with E-state index in [4.69, 9.17) is 5.73 Å². The maximum absolute atomic E-state index is 13.5. The number of benzene rings is 1. The zero-order chi connectivity index (χ0) is 11.5. The van der Waals surface area contributed by atoms with Crippen molar-refractivity contribution in [2.75, 3.05) is 11.1 Å². The molecule has 0 aliphatic rings. The van der Waals surface area contributed by atoms with Crippen LogP contribution in [0.25, 0.3) is 0 Å². The van der Waals surface area contributed by atoms with E-state index in [0.717, 1.165) is 0 Å². The van der Waals surface area contributed by atoms with Crippen LogP contribution >= 0.6 is 15.9 Å². The van der Waals surface area contributed by atoms with Crippen LogP contribution in [0.4, 0.5) is 21.7 Å². The van der Waals surface area contributed by atoms with Crippen LogP contribution in [-0.2, 0) is 0 Å². The lowest BCUT2D eigenvalue weighted by Crippen LogP contribution is -2.00. The number of anilines is 3. The first-order valence-electron chi connectivity index (χ1n) is 4.45. The first-order chi connectivity index (χ1) is 7.66. The monoisotopic (exact) mass is 282 g/mol. The SMILES string of the molecule is Nc1cncc(Nc2c(F)cccc2Br)n1. The third-order valence-electron chi connectivity index (χ3n) is 1.87. The van der Waals surface area contributed by atoms with Gasteiger partial charge in [-0.1, -0.05) is 6.07 Å². The van der Waals surface area contributed by atoms with Crippen LogP contribution in [0.2, 0.25) is 0 Å². The predicted octanol–water partition coefficient (Wildman–Crippen LogP) is 2.70. The third-order valence-corrected chi connectivity index (χ3v) is 2.53. The lowest BCUT2D eigenvalue weighted by atomic mass is 10.3. The van der Waals surface area contributed by atoms with E-state index >= 15 is 0 Å². The van der Waals surface area contributed by atoms with Crippen molar-refractivity contribution in [1.29, 1.82) is 0 Å². The summed E-state index contributed by atoms with van der Waals surface area (Å²) in [5.41, 5.74) is 5.78. The van der Waals surface area contributed by atoms with E-state index in [0.29, 0.717) is 16.0 Å². The van der Waals surface area contributed by atoms with Crippen LogP contribution in [0.15, 0.2) is 35.1 Å². The van der Waals surface area contributed by atoms with Gasteiger partial charge in [-0.3, -0.25) is 4.98 Å². The fraction of sp³-hybridized carbons (Fsp3) is 0. The van der Waals surface area contributed by atoms with Gasteiger partial charge in [-0.25, -0.2) is 9.37 Å². The van der Waals surface area contributed by atoms with Gasteiger partial charge < -0.3 is 11.1 Å². The molecule has 1 heterocycles. The number of nitrogens with two attached hydrogens (primary N) is 1. The third kappa shape index (κ3) is 2.27. The number of nitrogen functional groups attached to an aromatic ring is 1. The molecular weight excluding hydrogens is 275 g/mol. The highest BCUT2D eigenvalue weighted by Crippen LogP contribution is 2.27. The van der Waals surface area contributed by atoms with Gasteiger partial charge in [0.25, 0.3) is 0 Å². The Morgan fingerprint density at radius 3 is 2.81 bits per heavy atom. The molecule has 0 aliphatic heterocycles. The number of hydrogen-bond acceptors (Lipinski definition) is 4. The smallest absolute Gasteiger partial charge is 0.151 e. The second kappa shape index (κ2) is 4.44. The van der Waals surface area contributed by atoms with E-state index in [1.54, 1.807) is 12.1 Å². The molecule has 82 valence electrons. The summed E-state index contributed by atoms with van der Waals surface area (Å²) in [6.45, 7) is 0. The van der Waals surface area contributed by atoms with Gasteiger partial charge in [0.2, 0.25) is 0 Å². The number of hydrogen-bond donors (Lipinski definition) is 2. The van der Waals surface area contributed by atoms with E-state index in [1.165, 1.54) is 18.5 Å². The Morgan fingerprint density at radius 2 is 2.12 bits per heavy atom. The molecule has 0 amide bonds. The Kier molecular flexibility index (Phi) is 3.00. The van der Waals surface area contributed by atoms with Gasteiger partial charge in [-0.05, 0) is 28.1 Å². The minimum atomic E-state index is -0.376. The predicted molar refractivity (Wildman–Crippen MR) is 63.8 cm³/mol. The fourth-order valence-corrected chi connectivity index (χ4v) is 1.63. The molecule has 0 saturated carbocycles. The molecule has 0 unspecified atom stereocenters. The molecule has 6 heteroatoms. The second-order valence-corrected chi connectivity index (χ2v) is 3.91. The summed E-state index contributed by atoms with van der Waals surface area (Å²) in [5, 5.41) is 2.81. The summed E-state index contributed by atoms with van der Waals surface area (Å²) >= 11 is 3.24. The van der Waals surface area contributed by atoms with Crippen molar-refractivity contribution in [1.82, 2.24) is 9.97 Å². The van der Waals surface area contributed by atoms with Crippen LogP contribution in [0.5, 0.6) is 0 Å². The maximum atomic E-state index is 13.5. The molecule has 3 N–H and O–H groups in total. The number of aromatic nitrogens is 2. The quantitative estimate of drug-likeness (QED) is 0.889.